The summed E-state index contributed by atoms with van der Waals surface area (Å²) in [6.45, 7) is 4.71. The lowest BCUT2D eigenvalue weighted by Crippen LogP contribution is -2.40. The van der Waals surface area contributed by atoms with E-state index in [9.17, 15) is 4.79 Å². The molecule has 1 fully saturated rings. The molecule has 0 radical (unpaired) electrons. The first kappa shape index (κ1) is 18.4. The Morgan fingerprint density at radius 3 is 2.87 bits per heavy atom. The largest absolute Gasteiger partial charge is 0.364 e. The van der Waals surface area contributed by atoms with Crippen LogP contribution in [0.25, 0.3) is 0 Å². The number of nitrogens with two attached hydrogens (primary N) is 1. The van der Waals surface area contributed by atoms with Crippen LogP contribution in [0.1, 0.15) is 36.3 Å². The Bertz CT molecular complexity index is 540. The van der Waals surface area contributed by atoms with E-state index < -0.39 is 6.10 Å². The molecule has 0 bridgehead atoms. The minimum absolute atomic E-state index is 0. The number of aryl methyl sites for hydroxylation is 2. The molecule has 128 valence electrons. The number of ether oxygens (including phenoxy) is 1. The molecule has 1 aliphatic carbocycles. The molecule has 0 unspecified atom stereocenters. The van der Waals surface area contributed by atoms with Gasteiger partial charge in [-0.3, -0.25) is 9.69 Å². The SMILES string of the molecule is C=CCN(C(=O)[C@@H]1CC[C@H](CN)O1)c1nc2c(s1)CCCC2.Cl. The van der Waals surface area contributed by atoms with Crippen molar-refractivity contribution < 1.29 is 9.53 Å². The fourth-order valence-corrected chi connectivity index (χ4v) is 4.24. The topological polar surface area (TPSA) is 68.5 Å². The van der Waals surface area contributed by atoms with E-state index in [4.69, 9.17) is 15.5 Å². The van der Waals surface area contributed by atoms with Gasteiger partial charge < -0.3 is 10.5 Å². The molecule has 0 aromatic carbocycles. The van der Waals surface area contributed by atoms with Crippen LogP contribution in [0, 0.1) is 0 Å². The van der Waals surface area contributed by atoms with Crippen molar-refractivity contribution >= 4 is 34.8 Å². The van der Waals surface area contributed by atoms with E-state index in [2.05, 4.69) is 6.58 Å². The summed E-state index contributed by atoms with van der Waals surface area (Å²) in [5.41, 5.74) is 6.80. The average Bonchev–Trinajstić information content (AvgIpc) is 3.18. The molecule has 0 saturated carbocycles. The second-order valence-electron chi connectivity index (χ2n) is 5.87. The maximum absolute atomic E-state index is 12.8. The second-order valence-corrected chi connectivity index (χ2v) is 6.93. The minimum atomic E-state index is -0.394. The van der Waals surface area contributed by atoms with Crippen molar-refractivity contribution in [3.8, 4) is 0 Å². The third-order valence-corrected chi connectivity index (χ3v) is 5.47. The number of nitrogens with zero attached hydrogens (tertiary/aromatic N) is 2. The molecule has 5 nitrogen and oxygen atoms in total. The Kier molecular flexibility index (Phi) is 6.59. The predicted octanol–water partition coefficient (Wildman–Crippen LogP) is 2.47. The van der Waals surface area contributed by atoms with E-state index in [-0.39, 0.29) is 24.4 Å². The molecule has 23 heavy (non-hydrogen) atoms. The van der Waals surface area contributed by atoms with Crippen LogP contribution in [0.2, 0.25) is 0 Å². The lowest BCUT2D eigenvalue weighted by molar-refractivity contribution is -0.129. The van der Waals surface area contributed by atoms with Crippen molar-refractivity contribution in [1.82, 2.24) is 4.98 Å². The van der Waals surface area contributed by atoms with Gasteiger partial charge in [0.15, 0.2) is 5.13 Å². The number of fused-ring (bicyclic) bond motifs is 1. The molecule has 2 atom stereocenters. The van der Waals surface area contributed by atoms with E-state index in [1.54, 1.807) is 22.3 Å². The molecule has 1 aliphatic heterocycles. The number of thiazole rings is 1. The normalized spacial score (nSPS) is 23.0. The molecular formula is C16H24ClN3O2S. The maximum Gasteiger partial charge on any atom is 0.258 e. The summed E-state index contributed by atoms with van der Waals surface area (Å²) >= 11 is 1.64. The van der Waals surface area contributed by atoms with Crippen LogP contribution >= 0.6 is 23.7 Å². The van der Waals surface area contributed by atoms with E-state index in [1.807, 2.05) is 0 Å². The molecule has 1 aromatic rings. The lowest BCUT2D eigenvalue weighted by atomic mass is 10.0. The summed E-state index contributed by atoms with van der Waals surface area (Å²) in [5, 5.41) is 0.789. The van der Waals surface area contributed by atoms with Crippen LogP contribution in [0.3, 0.4) is 0 Å². The number of aromatic nitrogens is 1. The Balaban J connectivity index is 0.00000192. The van der Waals surface area contributed by atoms with Gasteiger partial charge in [0.25, 0.3) is 5.91 Å². The van der Waals surface area contributed by atoms with E-state index in [1.165, 1.54) is 23.4 Å². The molecule has 1 aromatic heterocycles. The van der Waals surface area contributed by atoms with E-state index in [0.717, 1.165) is 30.8 Å². The van der Waals surface area contributed by atoms with Gasteiger partial charge in [-0.2, -0.15) is 0 Å². The molecule has 3 rings (SSSR count). The molecule has 1 saturated heterocycles. The molecule has 7 heteroatoms. The standard InChI is InChI=1S/C16H23N3O2S.ClH/c1-2-9-19(15(20)13-8-7-11(10-17)21-13)16-18-12-5-3-4-6-14(12)22-16;/h2,11,13H,1,3-10,17H2;1H/t11-,13+;/m1./s1. The third kappa shape index (κ3) is 3.94. The van der Waals surface area contributed by atoms with Gasteiger partial charge in [0.1, 0.15) is 6.10 Å². The van der Waals surface area contributed by atoms with Crippen molar-refractivity contribution in [2.24, 2.45) is 5.73 Å². The van der Waals surface area contributed by atoms with Gasteiger partial charge >= 0.3 is 0 Å². The van der Waals surface area contributed by atoms with Crippen molar-refractivity contribution in [2.45, 2.75) is 50.7 Å². The highest BCUT2D eigenvalue weighted by Gasteiger charge is 2.34. The number of carbonyl (C=O) groups excluding carboxylic acids is 1. The Labute approximate surface area is 147 Å². The Hall–Kier alpha value is -0.950. The third-order valence-electron chi connectivity index (χ3n) is 4.29. The van der Waals surface area contributed by atoms with E-state index in [0.29, 0.717) is 13.1 Å². The molecule has 2 heterocycles. The summed E-state index contributed by atoms with van der Waals surface area (Å²) in [5.74, 6) is -0.0121. The second kappa shape index (κ2) is 8.24. The van der Waals surface area contributed by atoms with Crippen molar-refractivity contribution in [3.05, 3.63) is 23.2 Å². The van der Waals surface area contributed by atoms with Crippen LogP contribution in [0.5, 0.6) is 0 Å². The van der Waals surface area contributed by atoms with Crippen molar-refractivity contribution in [1.29, 1.82) is 0 Å². The summed E-state index contributed by atoms with van der Waals surface area (Å²) in [4.78, 5) is 20.5. The number of halogens is 1. The summed E-state index contributed by atoms with van der Waals surface area (Å²) in [7, 11) is 0. The fraction of sp³-hybridized carbons (Fsp3) is 0.625. The molecule has 0 spiro atoms. The number of anilines is 1. The molecule has 2 aliphatic rings. The Morgan fingerprint density at radius 2 is 2.22 bits per heavy atom. The van der Waals surface area contributed by atoms with Crippen molar-refractivity contribution in [3.63, 3.8) is 0 Å². The quantitative estimate of drug-likeness (QED) is 0.822. The Morgan fingerprint density at radius 1 is 1.43 bits per heavy atom. The number of carbonyl (C=O) groups is 1. The van der Waals surface area contributed by atoms with Crippen LogP contribution in [-0.4, -0.2) is 36.2 Å². The van der Waals surface area contributed by atoms with Crippen molar-refractivity contribution in [2.75, 3.05) is 18.0 Å². The smallest absolute Gasteiger partial charge is 0.258 e. The molecular weight excluding hydrogens is 334 g/mol. The minimum Gasteiger partial charge on any atom is -0.364 e. The predicted molar refractivity (Wildman–Crippen MR) is 95.5 cm³/mol. The molecule has 2 N–H and O–H groups in total. The van der Waals surface area contributed by atoms with Crippen LogP contribution in [-0.2, 0) is 22.4 Å². The van der Waals surface area contributed by atoms with Gasteiger partial charge in [0.2, 0.25) is 0 Å². The lowest BCUT2D eigenvalue weighted by Gasteiger charge is -2.22. The number of rotatable bonds is 5. The van der Waals surface area contributed by atoms with Crippen LogP contribution < -0.4 is 10.6 Å². The summed E-state index contributed by atoms with van der Waals surface area (Å²) < 4.78 is 5.75. The average molecular weight is 358 g/mol. The van der Waals surface area contributed by atoms with Crippen LogP contribution in [0.15, 0.2) is 12.7 Å². The summed E-state index contributed by atoms with van der Waals surface area (Å²) in [6.07, 6.45) is 7.45. The highest BCUT2D eigenvalue weighted by Crippen LogP contribution is 2.33. The van der Waals surface area contributed by atoms with Gasteiger partial charge in [0.05, 0.1) is 11.8 Å². The van der Waals surface area contributed by atoms with Gasteiger partial charge in [0, 0.05) is 18.0 Å². The monoisotopic (exact) mass is 357 g/mol. The first-order valence-corrected chi connectivity index (χ1v) is 8.81. The van der Waals surface area contributed by atoms with Gasteiger partial charge in [-0.1, -0.05) is 6.08 Å². The highest BCUT2D eigenvalue weighted by atomic mass is 35.5. The number of hydrogen-bond donors (Lipinski definition) is 1. The van der Waals surface area contributed by atoms with Gasteiger partial charge in [-0.25, -0.2) is 4.98 Å². The molecule has 1 amide bonds. The van der Waals surface area contributed by atoms with E-state index >= 15 is 0 Å². The van der Waals surface area contributed by atoms with Crippen LogP contribution in [0.4, 0.5) is 5.13 Å². The fourth-order valence-electron chi connectivity index (χ4n) is 3.08. The number of amides is 1. The first-order valence-electron chi connectivity index (χ1n) is 7.99. The highest BCUT2D eigenvalue weighted by molar-refractivity contribution is 7.16. The number of hydrogen-bond acceptors (Lipinski definition) is 5. The summed E-state index contributed by atoms with van der Waals surface area (Å²) in [6, 6.07) is 0. The zero-order chi connectivity index (χ0) is 15.5. The maximum atomic E-state index is 12.8. The first-order chi connectivity index (χ1) is 10.7. The van der Waals surface area contributed by atoms with Gasteiger partial charge in [-0.05, 0) is 38.5 Å². The zero-order valence-corrected chi connectivity index (χ0v) is 14.8. The van der Waals surface area contributed by atoms with Gasteiger partial charge in [-0.15, -0.1) is 30.3 Å². The zero-order valence-electron chi connectivity index (χ0n) is 13.2.